The van der Waals surface area contributed by atoms with Gasteiger partial charge in [-0.1, -0.05) is 0 Å². The molecule has 21 heavy (non-hydrogen) atoms. The second-order valence-electron chi connectivity index (χ2n) is 4.22. The molecular formula is C14H12FN3O3. The molecule has 2 aromatic rings. The lowest BCUT2D eigenvalue weighted by Gasteiger charge is -2.10. The number of hydrogen-bond donors (Lipinski definition) is 3. The fourth-order valence-corrected chi connectivity index (χ4v) is 1.66. The van der Waals surface area contributed by atoms with Crippen LogP contribution in [0.5, 0.6) is 11.5 Å². The molecule has 0 bridgehead atoms. The zero-order valence-electron chi connectivity index (χ0n) is 10.8. The smallest absolute Gasteiger partial charge is 0.251 e. The number of halogens is 1. The van der Waals surface area contributed by atoms with Gasteiger partial charge in [-0.25, -0.2) is 4.39 Å². The van der Waals surface area contributed by atoms with Crippen molar-refractivity contribution < 1.29 is 18.7 Å². The van der Waals surface area contributed by atoms with E-state index in [1.807, 2.05) is 0 Å². The maximum atomic E-state index is 13.6. The minimum atomic E-state index is -0.880. The zero-order valence-corrected chi connectivity index (χ0v) is 10.8. The van der Waals surface area contributed by atoms with Crippen molar-refractivity contribution in [2.24, 2.45) is 11.5 Å². The predicted octanol–water partition coefficient (Wildman–Crippen LogP) is 1.40. The molecule has 0 atom stereocenters. The van der Waals surface area contributed by atoms with Gasteiger partial charge in [-0.05, 0) is 30.3 Å². The van der Waals surface area contributed by atoms with Crippen LogP contribution in [0.1, 0.15) is 20.7 Å². The summed E-state index contributed by atoms with van der Waals surface area (Å²) in [6.07, 6.45) is 0. The van der Waals surface area contributed by atoms with Crippen LogP contribution in [0.15, 0.2) is 36.4 Å². The molecule has 0 spiro atoms. The van der Waals surface area contributed by atoms with Crippen LogP contribution < -0.4 is 21.9 Å². The van der Waals surface area contributed by atoms with Gasteiger partial charge < -0.3 is 21.9 Å². The molecular weight excluding hydrogens is 277 g/mol. The van der Waals surface area contributed by atoms with Crippen LogP contribution in [0, 0.1) is 5.82 Å². The van der Waals surface area contributed by atoms with Gasteiger partial charge in [0.2, 0.25) is 5.91 Å². The van der Waals surface area contributed by atoms with E-state index in [1.54, 1.807) is 0 Å². The largest absolute Gasteiger partial charge is 0.455 e. The Kier molecular flexibility index (Phi) is 3.75. The van der Waals surface area contributed by atoms with Gasteiger partial charge in [0, 0.05) is 11.6 Å². The highest BCUT2D eigenvalue weighted by molar-refractivity contribution is 5.94. The molecule has 0 radical (unpaired) electrons. The first-order chi connectivity index (χ1) is 9.88. The van der Waals surface area contributed by atoms with E-state index in [4.69, 9.17) is 21.9 Å². The number of carbonyl (C=O) groups is 2. The lowest BCUT2D eigenvalue weighted by atomic mass is 10.1. The van der Waals surface area contributed by atoms with E-state index >= 15 is 0 Å². The van der Waals surface area contributed by atoms with Crippen LogP contribution in [0.2, 0.25) is 0 Å². The van der Waals surface area contributed by atoms with E-state index in [0.717, 1.165) is 6.07 Å². The molecule has 0 unspecified atom stereocenters. The summed E-state index contributed by atoms with van der Waals surface area (Å²) in [7, 11) is 0. The number of ether oxygens (including phenoxy) is 1. The summed E-state index contributed by atoms with van der Waals surface area (Å²) in [5.41, 5.74) is 16.1. The Morgan fingerprint density at radius 2 is 1.71 bits per heavy atom. The van der Waals surface area contributed by atoms with Crippen LogP contribution in [0.25, 0.3) is 0 Å². The molecule has 6 nitrogen and oxygen atoms in total. The van der Waals surface area contributed by atoms with Crippen molar-refractivity contribution in [1.29, 1.82) is 0 Å². The van der Waals surface area contributed by atoms with E-state index in [9.17, 15) is 14.0 Å². The number of carbonyl (C=O) groups excluding carboxylic acids is 2. The van der Waals surface area contributed by atoms with Crippen molar-refractivity contribution in [1.82, 2.24) is 0 Å². The molecule has 0 saturated carbocycles. The van der Waals surface area contributed by atoms with Crippen molar-refractivity contribution >= 4 is 17.5 Å². The van der Waals surface area contributed by atoms with Gasteiger partial charge in [0.15, 0.2) is 5.75 Å². The molecule has 2 aromatic carbocycles. The first kappa shape index (κ1) is 14.3. The quantitative estimate of drug-likeness (QED) is 0.736. The number of amides is 2. The summed E-state index contributed by atoms with van der Waals surface area (Å²) in [6, 6.07) is 7.79. The fraction of sp³-hybridized carbons (Fsp3) is 0. The van der Waals surface area contributed by atoms with Crippen molar-refractivity contribution in [3.8, 4) is 11.5 Å². The molecule has 2 amide bonds. The van der Waals surface area contributed by atoms with E-state index < -0.39 is 17.6 Å². The van der Waals surface area contributed by atoms with Crippen molar-refractivity contribution in [2.45, 2.75) is 0 Å². The fourth-order valence-electron chi connectivity index (χ4n) is 1.66. The molecule has 108 valence electrons. The highest BCUT2D eigenvalue weighted by Gasteiger charge is 2.11. The van der Waals surface area contributed by atoms with E-state index in [0.29, 0.717) is 0 Å². The normalized spacial score (nSPS) is 10.1. The van der Waals surface area contributed by atoms with Crippen molar-refractivity contribution in [3.63, 3.8) is 0 Å². The van der Waals surface area contributed by atoms with Crippen molar-refractivity contribution in [2.75, 3.05) is 5.73 Å². The van der Waals surface area contributed by atoms with Gasteiger partial charge in [0.1, 0.15) is 11.6 Å². The molecule has 0 aliphatic heterocycles. The van der Waals surface area contributed by atoms with E-state index in [-0.39, 0.29) is 28.3 Å². The number of nitrogen functional groups attached to an aromatic ring is 1. The van der Waals surface area contributed by atoms with Crippen LogP contribution >= 0.6 is 0 Å². The van der Waals surface area contributed by atoms with Gasteiger partial charge in [-0.2, -0.15) is 0 Å². The van der Waals surface area contributed by atoms with Gasteiger partial charge >= 0.3 is 0 Å². The maximum absolute atomic E-state index is 13.6. The second-order valence-corrected chi connectivity index (χ2v) is 4.22. The third-order valence-corrected chi connectivity index (χ3v) is 2.73. The predicted molar refractivity (Wildman–Crippen MR) is 74.4 cm³/mol. The van der Waals surface area contributed by atoms with Crippen LogP contribution in [0.3, 0.4) is 0 Å². The molecule has 2 rings (SSSR count). The summed E-state index contributed by atoms with van der Waals surface area (Å²) in [6.45, 7) is 0. The minimum Gasteiger partial charge on any atom is -0.455 e. The Balaban J connectivity index is 2.34. The van der Waals surface area contributed by atoms with Gasteiger partial charge in [0.25, 0.3) is 5.91 Å². The highest BCUT2D eigenvalue weighted by Crippen LogP contribution is 2.29. The average molecular weight is 289 g/mol. The third-order valence-electron chi connectivity index (χ3n) is 2.73. The first-order valence-corrected chi connectivity index (χ1v) is 5.85. The highest BCUT2D eigenvalue weighted by atomic mass is 19.1. The molecule has 0 heterocycles. The lowest BCUT2D eigenvalue weighted by molar-refractivity contribution is 0.0989. The maximum Gasteiger partial charge on any atom is 0.251 e. The summed E-state index contributed by atoms with van der Waals surface area (Å²) in [5, 5.41) is 0. The summed E-state index contributed by atoms with van der Waals surface area (Å²) in [4.78, 5) is 22.0. The average Bonchev–Trinajstić information content (AvgIpc) is 2.40. The van der Waals surface area contributed by atoms with Crippen molar-refractivity contribution in [3.05, 3.63) is 53.3 Å². The molecule has 0 aliphatic carbocycles. The number of primary amides is 2. The molecule has 6 N–H and O–H groups in total. The summed E-state index contributed by atoms with van der Waals surface area (Å²) in [5.74, 6) is -2.09. The first-order valence-electron chi connectivity index (χ1n) is 5.85. The van der Waals surface area contributed by atoms with E-state index in [1.165, 1.54) is 30.3 Å². The van der Waals surface area contributed by atoms with Crippen LogP contribution in [-0.2, 0) is 0 Å². The molecule has 0 saturated heterocycles. The Bertz CT molecular complexity index is 731. The molecule has 0 aliphatic rings. The SMILES string of the molecule is NC(=O)c1ccc(N)c(Oc2ccc(C(N)=O)c(F)c2)c1. The summed E-state index contributed by atoms with van der Waals surface area (Å²) < 4.78 is 19.0. The standard InChI is InChI=1S/C14H12FN3O3/c15-10-6-8(2-3-9(10)14(18)20)21-12-5-7(13(17)19)1-4-11(12)16/h1-6H,16H2,(H2,17,19)(H2,18,20). The molecule has 7 heteroatoms. The number of nitrogens with two attached hydrogens (primary N) is 3. The zero-order chi connectivity index (χ0) is 15.6. The number of hydrogen-bond acceptors (Lipinski definition) is 4. The van der Waals surface area contributed by atoms with Crippen LogP contribution in [0.4, 0.5) is 10.1 Å². The monoisotopic (exact) mass is 289 g/mol. The molecule has 0 fully saturated rings. The Morgan fingerprint density at radius 1 is 1.00 bits per heavy atom. The lowest BCUT2D eigenvalue weighted by Crippen LogP contribution is -2.13. The minimum absolute atomic E-state index is 0.103. The number of rotatable bonds is 4. The van der Waals surface area contributed by atoms with Gasteiger partial charge in [0.05, 0.1) is 11.3 Å². The second kappa shape index (κ2) is 5.49. The van der Waals surface area contributed by atoms with Gasteiger partial charge in [-0.15, -0.1) is 0 Å². The Labute approximate surface area is 119 Å². The number of benzene rings is 2. The van der Waals surface area contributed by atoms with Gasteiger partial charge in [-0.3, -0.25) is 9.59 Å². The summed E-state index contributed by atoms with van der Waals surface area (Å²) >= 11 is 0. The third kappa shape index (κ3) is 3.08. The molecule has 0 aromatic heterocycles. The number of anilines is 1. The topological polar surface area (TPSA) is 121 Å². The Morgan fingerprint density at radius 3 is 2.29 bits per heavy atom. The van der Waals surface area contributed by atoms with E-state index in [2.05, 4.69) is 0 Å². The Hall–Kier alpha value is -3.09. The van der Waals surface area contributed by atoms with Crippen LogP contribution in [-0.4, -0.2) is 11.8 Å².